The van der Waals surface area contributed by atoms with E-state index in [4.69, 9.17) is 9.88 Å². The highest BCUT2D eigenvalue weighted by Gasteiger charge is 2.02. The number of hydrogen-bond acceptors (Lipinski definition) is 4. The molecule has 2 N–H and O–H groups in total. The molecule has 0 atom stereocenters. The molecule has 5 nitrogen and oxygen atoms in total. The fraction of sp³-hybridized carbons (Fsp3) is 0.375. The summed E-state index contributed by atoms with van der Waals surface area (Å²) >= 11 is 3.24. The van der Waals surface area contributed by atoms with Gasteiger partial charge in [-0.25, -0.2) is 13.6 Å². The van der Waals surface area contributed by atoms with E-state index in [0.29, 0.717) is 18.8 Å². The van der Waals surface area contributed by atoms with Crippen LogP contribution in [0.4, 0.5) is 0 Å². The fourth-order valence-corrected chi connectivity index (χ4v) is 1.79. The van der Waals surface area contributed by atoms with E-state index in [1.165, 1.54) is 0 Å². The molecule has 1 aromatic heterocycles. The van der Waals surface area contributed by atoms with Crippen molar-refractivity contribution in [1.82, 2.24) is 4.98 Å². The van der Waals surface area contributed by atoms with Crippen LogP contribution in [0.25, 0.3) is 0 Å². The van der Waals surface area contributed by atoms with Gasteiger partial charge in [0, 0.05) is 10.7 Å². The Kier molecular flexibility index (Phi) is 4.49. The average Bonchev–Trinajstić information content (AvgIpc) is 2.11. The molecule has 0 fully saturated rings. The first-order chi connectivity index (χ1) is 6.97. The lowest BCUT2D eigenvalue weighted by atomic mass is 10.4. The number of rotatable bonds is 5. The summed E-state index contributed by atoms with van der Waals surface area (Å²) in [5, 5.41) is 4.84. The number of primary sulfonamides is 1. The average molecular weight is 295 g/mol. The maximum absolute atomic E-state index is 10.6. The molecular weight excluding hydrogens is 284 g/mol. The van der Waals surface area contributed by atoms with Gasteiger partial charge in [-0.05, 0) is 28.4 Å². The van der Waals surface area contributed by atoms with E-state index in [1.54, 1.807) is 18.5 Å². The van der Waals surface area contributed by atoms with E-state index in [9.17, 15) is 8.42 Å². The molecule has 0 aliphatic rings. The molecule has 0 amide bonds. The van der Waals surface area contributed by atoms with Crippen molar-refractivity contribution in [3.05, 3.63) is 22.9 Å². The maximum Gasteiger partial charge on any atom is 0.209 e. The number of nitrogens with two attached hydrogens (primary N) is 1. The second kappa shape index (κ2) is 5.43. The van der Waals surface area contributed by atoms with Gasteiger partial charge in [0.05, 0.1) is 18.6 Å². The summed E-state index contributed by atoms with van der Waals surface area (Å²) in [4.78, 5) is 3.90. The molecule has 15 heavy (non-hydrogen) atoms. The SMILES string of the molecule is NS(=O)(=O)CCCOc1cncc(Br)c1. The summed E-state index contributed by atoms with van der Waals surface area (Å²) < 4.78 is 27.3. The van der Waals surface area contributed by atoms with Crippen LogP contribution in [-0.2, 0) is 10.0 Å². The number of ether oxygens (including phenoxy) is 1. The standard InChI is InChI=1S/C8H11BrN2O3S/c9-7-4-8(6-11-5-7)14-2-1-3-15(10,12)13/h4-6H,1-3H2,(H2,10,12,13). The number of pyridine rings is 1. The highest BCUT2D eigenvalue weighted by Crippen LogP contribution is 2.15. The number of hydrogen-bond donors (Lipinski definition) is 1. The molecule has 0 unspecified atom stereocenters. The van der Waals surface area contributed by atoms with E-state index in [2.05, 4.69) is 20.9 Å². The minimum absolute atomic E-state index is 0.0750. The largest absolute Gasteiger partial charge is 0.492 e. The van der Waals surface area contributed by atoms with Gasteiger partial charge in [0.1, 0.15) is 5.75 Å². The lowest BCUT2D eigenvalue weighted by Gasteiger charge is -2.04. The highest BCUT2D eigenvalue weighted by atomic mass is 79.9. The Morgan fingerprint density at radius 1 is 1.47 bits per heavy atom. The summed E-state index contributed by atoms with van der Waals surface area (Å²) in [6, 6.07) is 1.75. The molecule has 1 rings (SSSR count). The summed E-state index contributed by atoms with van der Waals surface area (Å²) in [7, 11) is -3.39. The molecule has 0 bridgehead atoms. The molecule has 1 heterocycles. The van der Waals surface area contributed by atoms with Crippen LogP contribution in [0, 0.1) is 0 Å². The van der Waals surface area contributed by atoms with Crippen LogP contribution in [0.3, 0.4) is 0 Å². The van der Waals surface area contributed by atoms with Crippen molar-refractivity contribution in [3.63, 3.8) is 0 Å². The molecule has 1 aromatic rings. The van der Waals surface area contributed by atoms with Gasteiger partial charge in [0.2, 0.25) is 10.0 Å². The van der Waals surface area contributed by atoms with E-state index >= 15 is 0 Å². The van der Waals surface area contributed by atoms with Crippen LogP contribution in [0.15, 0.2) is 22.9 Å². The monoisotopic (exact) mass is 294 g/mol. The van der Waals surface area contributed by atoms with Gasteiger partial charge in [-0.15, -0.1) is 0 Å². The predicted octanol–water partition coefficient (Wildman–Crippen LogP) is 0.901. The molecule has 0 aromatic carbocycles. The van der Waals surface area contributed by atoms with Gasteiger partial charge in [-0.3, -0.25) is 4.98 Å². The minimum Gasteiger partial charge on any atom is -0.492 e. The van der Waals surface area contributed by atoms with Gasteiger partial charge < -0.3 is 4.74 Å². The number of nitrogens with zero attached hydrogens (tertiary/aromatic N) is 1. The lowest BCUT2D eigenvalue weighted by Crippen LogP contribution is -2.18. The van der Waals surface area contributed by atoms with Gasteiger partial charge in [-0.1, -0.05) is 0 Å². The third kappa shape index (κ3) is 5.71. The number of sulfonamides is 1. The van der Waals surface area contributed by atoms with Crippen LogP contribution in [-0.4, -0.2) is 25.8 Å². The van der Waals surface area contributed by atoms with Crippen LogP contribution >= 0.6 is 15.9 Å². The molecule has 0 aliphatic carbocycles. The molecule has 0 spiro atoms. The smallest absolute Gasteiger partial charge is 0.209 e. The molecule has 7 heteroatoms. The first-order valence-corrected chi connectivity index (χ1v) is 6.72. The molecular formula is C8H11BrN2O3S. The van der Waals surface area contributed by atoms with Gasteiger partial charge in [0.15, 0.2) is 0 Å². The third-order valence-electron chi connectivity index (χ3n) is 1.52. The summed E-state index contributed by atoms with van der Waals surface area (Å²) in [6.07, 6.45) is 3.56. The van der Waals surface area contributed by atoms with E-state index in [-0.39, 0.29) is 5.75 Å². The van der Waals surface area contributed by atoms with E-state index in [0.717, 1.165) is 4.47 Å². The van der Waals surface area contributed by atoms with Crippen molar-refractivity contribution in [1.29, 1.82) is 0 Å². The van der Waals surface area contributed by atoms with Crippen molar-refractivity contribution in [2.24, 2.45) is 5.14 Å². The van der Waals surface area contributed by atoms with Gasteiger partial charge >= 0.3 is 0 Å². The first kappa shape index (κ1) is 12.4. The Hall–Kier alpha value is -0.660. The zero-order valence-electron chi connectivity index (χ0n) is 7.89. The second-order valence-electron chi connectivity index (χ2n) is 2.91. The van der Waals surface area contributed by atoms with Crippen molar-refractivity contribution in [2.45, 2.75) is 6.42 Å². The Bertz CT molecular complexity index is 422. The van der Waals surface area contributed by atoms with Crippen molar-refractivity contribution in [2.75, 3.05) is 12.4 Å². The van der Waals surface area contributed by atoms with Crippen molar-refractivity contribution in [3.8, 4) is 5.75 Å². The Labute approximate surface area is 96.8 Å². The van der Waals surface area contributed by atoms with Crippen LogP contribution < -0.4 is 9.88 Å². The number of aromatic nitrogens is 1. The lowest BCUT2D eigenvalue weighted by molar-refractivity contribution is 0.316. The van der Waals surface area contributed by atoms with Crippen LogP contribution in [0.1, 0.15) is 6.42 Å². The summed E-state index contributed by atoms with van der Waals surface area (Å²) in [5.74, 6) is 0.521. The minimum atomic E-state index is -3.39. The topological polar surface area (TPSA) is 82.3 Å². The molecule has 0 saturated heterocycles. The van der Waals surface area contributed by atoms with Gasteiger partial charge in [-0.2, -0.15) is 0 Å². The summed E-state index contributed by atoms with van der Waals surface area (Å²) in [6.45, 7) is 0.300. The third-order valence-corrected chi connectivity index (χ3v) is 2.81. The van der Waals surface area contributed by atoms with Crippen LogP contribution in [0.5, 0.6) is 5.75 Å². The normalized spacial score (nSPS) is 11.3. The van der Waals surface area contributed by atoms with Crippen molar-refractivity contribution >= 4 is 26.0 Å². The molecule has 84 valence electrons. The Balaban J connectivity index is 2.32. The highest BCUT2D eigenvalue weighted by molar-refractivity contribution is 9.10. The zero-order chi connectivity index (χ0) is 11.3. The quantitative estimate of drug-likeness (QED) is 0.818. The maximum atomic E-state index is 10.6. The molecule has 0 aliphatic heterocycles. The zero-order valence-corrected chi connectivity index (χ0v) is 10.3. The van der Waals surface area contributed by atoms with Crippen molar-refractivity contribution < 1.29 is 13.2 Å². The Morgan fingerprint density at radius 3 is 2.80 bits per heavy atom. The number of halogens is 1. The van der Waals surface area contributed by atoms with Gasteiger partial charge in [0.25, 0.3) is 0 Å². The van der Waals surface area contributed by atoms with Crippen LogP contribution in [0.2, 0.25) is 0 Å². The predicted molar refractivity (Wildman–Crippen MR) is 60.0 cm³/mol. The molecule has 0 saturated carbocycles. The fourth-order valence-electron chi connectivity index (χ4n) is 0.921. The first-order valence-electron chi connectivity index (χ1n) is 4.21. The van der Waals surface area contributed by atoms with E-state index in [1.807, 2.05) is 0 Å². The van der Waals surface area contributed by atoms with E-state index < -0.39 is 10.0 Å². The summed E-state index contributed by atoms with van der Waals surface area (Å²) in [5.41, 5.74) is 0. The molecule has 0 radical (unpaired) electrons. The Morgan fingerprint density at radius 2 is 2.20 bits per heavy atom. The second-order valence-corrected chi connectivity index (χ2v) is 5.56.